The molecule has 0 amide bonds. The van der Waals surface area contributed by atoms with Crippen LogP contribution in [0.2, 0.25) is 0 Å². The van der Waals surface area contributed by atoms with Crippen molar-refractivity contribution >= 4 is 16.7 Å². The van der Waals surface area contributed by atoms with Crippen molar-refractivity contribution in [3.8, 4) is 5.75 Å². The first kappa shape index (κ1) is 26.8. The van der Waals surface area contributed by atoms with E-state index in [1.54, 1.807) is 35.9 Å². The number of fused-ring (bicyclic) bond motifs is 1. The summed E-state index contributed by atoms with van der Waals surface area (Å²) in [6.45, 7) is 2.40. The molecule has 206 valence electrons. The highest BCUT2D eigenvalue weighted by molar-refractivity contribution is 5.83. The van der Waals surface area contributed by atoms with E-state index in [9.17, 15) is 18.0 Å². The molecule has 2 heterocycles. The van der Waals surface area contributed by atoms with Gasteiger partial charge in [-0.25, -0.2) is 9.18 Å². The van der Waals surface area contributed by atoms with Crippen molar-refractivity contribution in [2.75, 3.05) is 32.2 Å². The summed E-state index contributed by atoms with van der Waals surface area (Å²) in [7, 11) is 3.02. The van der Waals surface area contributed by atoms with Crippen LogP contribution in [0.4, 0.5) is 23.2 Å². The minimum atomic E-state index is -4.56. The maximum absolute atomic E-state index is 15.1. The minimum Gasteiger partial charge on any atom is -0.494 e. The first-order valence-corrected chi connectivity index (χ1v) is 12.6. The predicted molar refractivity (Wildman–Crippen MR) is 141 cm³/mol. The van der Waals surface area contributed by atoms with E-state index in [2.05, 4.69) is 0 Å². The number of methoxy groups -OCH3 is 2. The van der Waals surface area contributed by atoms with Gasteiger partial charge in [0.15, 0.2) is 0 Å². The number of nitrogens with zero attached hydrogens (tertiary/aromatic N) is 3. The summed E-state index contributed by atoms with van der Waals surface area (Å²) in [5.41, 5.74) is 0.849. The molecule has 6 nitrogen and oxygen atoms in total. The van der Waals surface area contributed by atoms with E-state index in [0.717, 1.165) is 6.07 Å². The number of halogens is 4. The number of alkyl halides is 3. The summed E-state index contributed by atoms with van der Waals surface area (Å²) in [6, 6.07) is 14.9. The highest BCUT2D eigenvalue weighted by Crippen LogP contribution is 2.37. The van der Waals surface area contributed by atoms with Crippen LogP contribution in [0.5, 0.6) is 5.75 Å². The third kappa shape index (κ3) is 4.78. The van der Waals surface area contributed by atoms with Crippen LogP contribution < -0.4 is 15.3 Å². The van der Waals surface area contributed by atoms with Crippen molar-refractivity contribution in [1.82, 2.24) is 9.13 Å². The maximum atomic E-state index is 15.1. The molecule has 1 aromatic heterocycles. The molecule has 1 fully saturated rings. The van der Waals surface area contributed by atoms with Crippen molar-refractivity contribution in [2.24, 2.45) is 0 Å². The fourth-order valence-corrected chi connectivity index (χ4v) is 5.55. The van der Waals surface area contributed by atoms with Gasteiger partial charge in [0, 0.05) is 25.8 Å². The fourth-order valence-electron chi connectivity index (χ4n) is 5.55. The Morgan fingerprint density at radius 3 is 2.49 bits per heavy atom. The highest BCUT2D eigenvalue weighted by Gasteiger charge is 2.35. The Morgan fingerprint density at radius 2 is 1.77 bits per heavy atom. The van der Waals surface area contributed by atoms with E-state index in [4.69, 9.17) is 9.47 Å². The monoisotopic (exact) mass is 543 g/mol. The van der Waals surface area contributed by atoms with Crippen LogP contribution in [0.1, 0.15) is 42.2 Å². The highest BCUT2D eigenvalue weighted by atomic mass is 19.4. The molecule has 2 unspecified atom stereocenters. The molecule has 0 aliphatic carbocycles. The first-order chi connectivity index (χ1) is 18.7. The first-order valence-electron chi connectivity index (χ1n) is 12.6. The largest absolute Gasteiger partial charge is 0.494 e. The van der Waals surface area contributed by atoms with Gasteiger partial charge in [-0.2, -0.15) is 13.2 Å². The Bertz CT molecular complexity index is 1560. The second-order valence-corrected chi connectivity index (χ2v) is 9.67. The van der Waals surface area contributed by atoms with E-state index in [1.165, 1.54) is 35.9 Å². The van der Waals surface area contributed by atoms with Gasteiger partial charge in [0.05, 0.1) is 42.6 Å². The Labute approximate surface area is 223 Å². The Balaban J connectivity index is 1.60. The van der Waals surface area contributed by atoms with Crippen LogP contribution in [0, 0.1) is 5.82 Å². The van der Waals surface area contributed by atoms with E-state index in [-0.39, 0.29) is 30.1 Å². The summed E-state index contributed by atoms with van der Waals surface area (Å²) < 4.78 is 70.2. The van der Waals surface area contributed by atoms with E-state index in [1.807, 2.05) is 17.9 Å². The number of aromatic nitrogens is 2. The van der Waals surface area contributed by atoms with Gasteiger partial charge < -0.3 is 14.4 Å². The number of hydrogen-bond donors (Lipinski definition) is 0. The Morgan fingerprint density at radius 1 is 1.03 bits per heavy atom. The molecule has 5 rings (SSSR count). The predicted octanol–water partition coefficient (Wildman–Crippen LogP) is 6.18. The SMILES string of the molecule is COc1cccc2c1n(Cc1ccccc1C(F)(F)F)c(=O)n2C1CCN(c2c(F)cccc2C(C)OC)C1. The zero-order valence-corrected chi connectivity index (χ0v) is 21.8. The molecule has 10 heteroatoms. The van der Waals surface area contributed by atoms with Gasteiger partial charge in [-0.05, 0) is 43.2 Å². The van der Waals surface area contributed by atoms with Crippen molar-refractivity contribution in [2.45, 2.75) is 38.2 Å². The zero-order valence-electron chi connectivity index (χ0n) is 21.8. The average molecular weight is 544 g/mol. The lowest BCUT2D eigenvalue weighted by Gasteiger charge is -2.25. The number of imidazole rings is 1. The third-order valence-electron chi connectivity index (χ3n) is 7.47. The average Bonchev–Trinajstić information content (AvgIpc) is 3.50. The van der Waals surface area contributed by atoms with Crippen LogP contribution in [0.15, 0.2) is 65.5 Å². The number of ether oxygens (including phenoxy) is 2. The van der Waals surface area contributed by atoms with Gasteiger partial charge in [-0.3, -0.25) is 9.13 Å². The smallest absolute Gasteiger partial charge is 0.416 e. The summed E-state index contributed by atoms with van der Waals surface area (Å²) in [5.74, 6) is 0.00487. The van der Waals surface area contributed by atoms with Gasteiger partial charge in [0.2, 0.25) is 0 Å². The van der Waals surface area contributed by atoms with Crippen LogP contribution >= 0.6 is 0 Å². The van der Waals surface area contributed by atoms with Crippen molar-refractivity contribution in [3.05, 3.63) is 93.7 Å². The second kappa shape index (κ2) is 10.4. The zero-order chi connectivity index (χ0) is 27.9. The third-order valence-corrected chi connectivity index (χ3v) is 7.47. The van der Waals surface area contributed by atoms with Crippen LogP contribution in [0.3, 0.4) is 0 Å². The summed E-state index contributed by atoms with van der Waals surface area (Å²) in [5, 5.41) is 0. The van der Waals surface area contributed by atoms with Gasteiger partial charge >= 0.3 is 11.9 Å². The minimum absolute atomic E-state index is 0.0188. The molecule has 1 saturated heterocycles. The lowest BCUT2D eigenvalue weighted by atomic mass is 10.1. The molecule has 0 saturated carbocycles. The maximum Gasteiger partial charge on any atom is 0.416 e. The molecule has 3 aromatic carbocycles. The van der Waals surface area contributed by atoms with Crippen LogP contribution in [-0.4, -0.2) is 36.4 Å². The Hall–Kier alpha value is -3.79. The lowest BCUT2D eigenvalue weighted by Crippen LogP contribution is -2.30. The van der Waals surface area contributed by atoms with Crippen LogP contribution in [-0.2, 0) is 17.5 Å². The molecule has 0 bridgehead atoms. The number of anilines is 1. The number of rotatable bonds is 7. The molecule has 1 aliphatic rings. The topological polar surface area (TPSA) is 48.6 Å². The molecule has 0 N–H and O–H groups in total. The molecular weight excluding hydrogens is 514 g/mol. The quantitative estimate of drug-likeness (QED) is 0.262. The molecule has 2 atom stereocenters. The number of benzene rings is 3. The van der Waals surface area contributed by atoms with Gasteiger partial charge in [-0.15, -0.1) is 0 Å². The van der Waals surface area contributed by atoms with E-state index < -0.39 is 17.4 Å². The lowest BCUT2D eigenvalue weighted by molar-refractivity contribution is -0.138. The van der Waals surface area contributed by atoms with Gasteiger partial charge in [0.25, 0.3) is 0 Å². The second-order valence-electron chi connectivity index (χ2n) is 9.67. The molecule has 39 heavy (non-hydrogen) atoms. The summed E-state index contributed by atoms with van der Waals surface area (Å²) in [4.78, 5) is 15.8. The molecule has 0 radical (unpaired) electrons. The Kier molecular flexibility index (Phi) is 7.15. The summed E-state index contributed by atoms with van der Waals surface area (Å²) >= 11 is 0. The normalized spacial score (nSPS) is 16.7. The number of para-hydroxylation sites is 2. The van der Waals surface area contributed by atoms with Crippen molar-refractivity contribution in [1.29, 1.82) is 0 Å². The molecule has 4 aromatic rings. The van der Waals surface area contributed by atoms with Gasteiger partial charge in [0.1, 0.15) is 17.1 Å². The summed E-state index contributed by atoms with van der Waals surface area (Å²) in [6.07, 6.45) is -4.35. The van der Waals surface area contributed by atoms with Crippen molar-refractivity contribution < 1.29 is 27.0 Å². The molecule has 0 spiro atoms. The van der Waals surface area contributed by atoms with Crippen molar-refractivity contribution in [3.63, 3.8) is 0 Å². The fraction of sp³-hybridized carbons (Fsp3) is 0.345. The standard InChI is InChI=1S/C29H29F4N3O3/c1-18(38-2)21-9-6-11-23(30)26(21)34-15-14-20(17-34)36-24-12-7-13-25(39-3)27(24)35(28(36)37)16-19-8-4-5-10-22(19)29(31,32)33/h4-13,18,20H,14-17H2,1-3H3. The molecular formula is C29H29F4N3O3. The van der Waals surface area contributed by atoms with E-state index in [0.29, 0.717) is 47.5 Å². The van der Waals surface area contributed by atoms with Gasteiger partial charge in [-0.1, -0.05) is 36.4 Å². The van der Waals surface area contributed by atoms with Crippen LogP contribution in [0.25, 0.3) is 11.0 Å². The van der Waals surface area contributed by atoms with E-state index >= 15 is 4.39 Å². The number of hydrogen-bond acceptors (Lipinski definition) is 4. The molecule has 1 aliphatic heterocycles.